The van der Waals surface area contributed by atoms with Crippen LogP contribution in [0.3, 0.4) is 0 Å². The Bertz CT molecular complexity index is 437. The maximum absolute atomic E-state index is 5.18. The molecule has 0 bridgehead atoms. The first kappa shape index (κ1) is 11.7. The molecule has 2 aromatic rings. The number of hydrogen-bond donors (Lipinski definition) is 2. The Morgan fingerprint density at radius 1 is 1.53 bits per heavy atom. The Hall–Kier alpha value is -1.76. The number of rotatable bonds is 6. The number of nitrogens with one attached hydrogen (secondary N) is 2. The Balaban J connectivity index is 2.03. The summed E-state index contributed by atoms with van der Waals surface area (Å²) < 4.78 is 5.18. The second kappa shape index (κ2) is 5.53. The van der Waals surface area contributed by atoms with E-state index < -0.39 is 0 Å². The number of likely N-dealkylation sites (N-methyl/N-ethyl adjacent to an activating group) is 1. The average molecular weight is 236 g/mol. The first-order valence-corrected chi connectivity index (χ1v) is 5.69. The molecule has 92 valence electrons. The lowest BCUT2D eigenvalue weighted by Crippen LogP contribution is -2.27. The third-order valence-electron chi connectivity index (χ3n) is 2.58. The maximum atomic E-state index is 5.18. The molecule has 2 N–H and O–H groups in total. The Kier molecular flexibility index (Phi) is 3.81. The Morgan fingerprint density at radius 2 is 2.41 bits per heavy atom. The molecule has 0 saturated heterocycles. The van der Waals surface area contributed by atoms with E-state index in [0.29, 0.717) is 23.5 Å². The van der Waals surface area contributed by atoms with Crippen molar-refractivity contribution in [2.24, 2.45) is 0 Å². The van der Waals surface area contributed by atoms with Gasteiger partial charge in [-0.2, -0.15) is 20.4 Å². The summed E-state index contributed by atoms with van der Waals surface area (Å²) in [4.78, 5) is 4.28. The fourth-order valence-corrected chi connectivity index (χ4v) is 1.66. The quantitative estimate of drug-likeness (QED) is 0.770. The van der Waals surface area contributed by atoms with Crippen LogP contribution in [0.1, 0.15) is 25.7 Å². The van der Waals surface area contributed by atoms with E-state index >= 15 is 0 Å². The molecular formula is C10H16N6O. The van der Waals surface area contributed by atoms with Gasteiger partial charge in [-0.1, -0.05) is 18.5 Å². The molecule has 1 atom stereocenters. The molecule has 17 heavy (non-hydrogen) atoms. The van der Waals surface area contributed by atoms with Crippen molar-refractivity contribution in [1.29, 1.82) is 0 Å². The molecular weight excluding hydrogens is 220 g/mol. The lowest BCUT2D eigenvalue weighted by Gasteiger charge is -2.11. The lowest BCUT2D eigenvalue weighted by molar-refractivity contribution is 0.356. The van der Waals surface area contributed by atoms with Gasteiger partial charge in [0.25, 0.3) is 0 Å². The van der Waals surface area contributed by atoms with Gasteiger partial charge < -0.3 is 9.84 Å². The van der Waals surface area contributed by atoms with E-state index in [0.717, 1.165) is 19.3 Å². The minimum Gasteiger partial charge on any atom is -0.339 e. The van der Waals surface area contributed by atoms with Crippen molar-refractivity contribution < 1.29 is 4.52 Å². The normalized spacial score (nSPS) is 12.8. The number of nitrogens with zero attached hydrogens (tertiary/aromatic N) is 4. The van der Waals surface area contributed by atoms with Gasteiger partial charge in [0.2, 0.25) is 11.7 Å². The minimum atomic E-state index is 0.366. The summed E-state index contributed by atoms with van der Waals surface area (Å²) in [6.07, 6.45) is 4.50. The topological polar surface area (TPSA) is 92.5 Å². The minimum absolute atomic E-state index is 0.366. The first-order valence-electron chi connectivity index (χ1n) is 5.69. The zero-order chi connectivity index (χ0) is 12.1. The van der Waals surface area contributed by atoms with Gasteiger partial charge >= 0.3 is 0 Å². The van der Waals surface area contributed by atoms with Crippen LogP contribution in [0.5, 0.6) is 0 Å². The highest BCUT2D eigenvalue weighted by Gasteiger charge is 2.14. The summed E-state index contributed by atoms with van der Waals surface area (Å²) in [5.74, 6) is 1.09. The summed E-state index contributed by atoms with van der Waals surface area (Å²) in [6, 6.07) is 0.366. The first-order chi connectivity index (χ1) is 8.33. The highest BCUT2D eigenvalue weighted by atomic mass is 16.5. The molecule has 0 aromatic carbocycles. The standard InChI is InChI=1S/C10H16N6O/c1-3-4-7(11-2)5-9-13-10(15-17-9)8-6-12-16-14-8/h6-7,11H,3-5H2,1-2H3,(H,12,14,16). The van der Waals surface area contributed by atoms with Crippen LogP contribution < -0.4 is 5.32 Å². The highest BCUT2D eigenvalue weighted by Crippen LogP contribution is 2.12. The van der Waals surface area contributed by atoms with Crippen molar-refractivity contribution in [1.82, 2.24) is 30.9 Å². The second-order valence-corrected chi connectivity index (χ2v) is 3.85. The smallest absolute Gasteiger partial charge is 0.228 e. The van der Waals surface area contributed by atoms with Gasteiger partial charge in [0, 0.05) is 12.5 Å². The number of aromatic nitrogens is 5. The van der Waals surface area contributed by atoms with Crippen LogP contribution in [0.25, 0.3) is 11.5 Å². The SMILES string of the molecule is CCCC(Cc1nc(-c2cn[nH]n2)no1)NC. The van der Waals surface area contributed by atoms with Crippen molar-refractivity contribution in [2.75, 3.05) is 7.05 Å². The summed E-state index contributed by atoms with van der Waals surface area (Å²) in [5.41, 5.74) is 0.594. The van der Waals surface area contributed by atoms with Crippen LogP contribution in [-0.2, 0) is 6.42 Å². The van der Waals surface area contributed by atoms with Crippen molar-refractivity contribution in [2.45, 2.75) is 32.2 Å². The van der Waals surface area contributed by atoms with E-state index in [4.69, 9.17) is 4.52 Å². The van der Waals surface area contributed by atoms with E-state index in [-0.39, 0.29) is 0 Å². The number of aromatic amines is 1. The zero-order valence-corrected chi connectivity index (χ0v) is 9.97. The van der Waals surface area contributed by atoms with Gasteiger partial charge in [-0.05, 0) is 13.5 Å². The fourth-order valence-electron chi connectivity index (χ4n) is 1.66. The molecule has 2 aromatic heterocycles. The van der Waals surface area contributed by atoms with Gasteiger partial charge in [0.15, 0.2) is 5.69 Å². The molecule has 0 fully saturated rings. The van der Waals surface area contributed by atoms with Crippen LogP contribution in [0.15, 0.2) is 10.7 Å². The Morgan fingerprint density at radius 3 is 3.06 bits per heavy atom. The molecule has 0 amide bonds. The van der Waals surface area contributed by atoms with Crippen molar-refractivity contribution >= 4 is 0 Å². The number of H-pyrrole nitrogens is 1. The molecule has 2 rings (SSSR count). The average Bonchev–Trinajstić information content (AvgIpc) is 2.98. The molecule has 7 nitrogen and oxygen atoms in total. The molecule has 1 unspecified atom stereocenters. The van der Waals surface area contributed by atoms with Gasteiger partial charge in [-0.25, -0.2) is 0 Å². The van der Waals surface area contributed by atoms with Crippen molar-refractivity contribution in [3.63, 3.8) is 0 Å². The van der Waals surface area contributed by atoms with Crippen LogP contribution in [0.2, 0.25) is 0 Å². The van der Waals surface area contributed by atoms with E-state index in [1.165, 1.54) is 0 Å². The predicted molar refractivity (Wildman–Crippen MR) is 61.1 cm³/mol. The molecule has 0 spiro atoms. The molecule has 2 heterocycles. The summed E-state index contributed by atoms with van der Waals surface area (Å²) >= 11 is 0. The fraction of sp³-hybridized carbons (Fsp3) is 0.600. The van der Waals surface area contributed by atoms with E-state index in [9.17, 15) is 0 Å². The van der Waals surface area contributed by atoms with Crippen LogP contribution in [0.4, 0.5) is 0 Å². The molecule has 0 aliphatic carbocycles. The summed E-state index contributed by atoms with van der Waals surface area (Å²) in [6.45, 7) is 2.15. The van der Waals surface area contributed by atoms with E-state index in [1.807, 2.05) is 7.05 Å². The van der Waals surface area contributed by atoms with E-state index in [2.05, 4.69) is 37.8 Å². The molecule has 0 saturated carbocycles. The largest absolute Gasteiger partial charge is 0.339 e. The summed E-state index contributed by atoms with van der Waals surface area (Å²) in [5, 5.41) is 17.2. The zero-order valence-electron chi connectivity index (χ0n) is 9.97. The monoisotopic (exact) mass is 236 g/mol. The van der Waals surface area contributed by atoms with E-state index in [1.54, 1.807) is 6.20 Å². The number of hydrogen-bond acceptors (Lipinski definition) is 6. The van der Waals surface area contributed by atoms with Gasteiger partial charge in [-0.3, -0.25) is 0 Å². The van der Waals surface area contributed by atoms with Gasteiger partial charge in [0.1, 0.15) is 0 Å². The summed E-state index contributed by atoms with van der Waals surface area (Å²) in [7, 11) is 1.94. The van der Waals surface area contributed by atoms with Gasteiger partial charge in [0.05, 0.1) is 6.20 Å². The maximum Gasteiger partial charge on any atom is 0.228 e. The third-order valence-corrected chi connectivity index (χ3v) is 2.58. The van der Waals surface area contributed by atoms with Crippen molar-refractivity contribution in [3.05, 3.63) is 12.1 Å². The Labute approximate surface area is 99.0 Å². The third kappa shape index (κ3) is 2.88. The molecule has 0 aliphatic heterocycles. The predicted octanol–water partition coefficient (Wildman–Crippen LogP) is 0.785. The van der Waals surface area contributed by atoms with Crippen LogP contribution >= 0.6 is 0 Å². The molecule has 0 radical (unpaired) electrons. The molecule has 0 aliphatic rings. The highest BCUT2D eigenvalue weighted by molar-refractivity contribution is 5.44. The lowest BCUT2D eigenvalue weighted by atomic mass is 10.1. The van der Waals surface area contributed by atoms with Crippen LogP contribution in [-0.4, -0.2) is 38.6 Å². The van der Waals surface area contributed by atoms with Crippen molar-refractivity contribution in [3.8, 4) is 11.5 Å². The van der Waals surface area contributed by atoms with Crippen LogP contribution in [0, 0.1) is 0 Å². The second-order valence-electron chi connectivity index (χ2n) is 3.85. The molecule has 7 heteroatoms. The van der Waals surface area contributed by atoms with Gasteiger partial charge in [-0.15, -0.1) is 0 Å².